The highest BCUT2D eigenvalue weighted by Gasteiger charge is 2.25. The molecule has 5 nitrogen and oxygen atoms in total. The first-order valence-electron chi connectivity index (χ1n) is 5.70. The zero-order chi connectivity index (χ0) is 13.7. The Balaban J connectivity index is 2.40. The molecule has 0 amide bonds. The molecule has 5 heteroatoms. The number of phenolic OH excluding ortho intramolecular Hbond substituents is 1. The lowest BCUT2D eigenvalue weighted by atomic mass is 9.92. The molecule has 1 heterocycles. The van der Waals surface area contributed by atoms with E-state index in [1.807, 2.05) is 0 Å². The van der Waals surface area contributed by atoms with Gasteiger partial charge in [0, 0.05) is 29.7 Å². The molecule has 0 aromatic rings. The molecule has 0 saturated heterocycles. The second kappa shape index (κ2) is 3.71. The van der Waals surface area contributed by atoms with Gasteiger partial charge in [-0.1, -0.05) is 0 Å². The number of allylic oxidation sites excluding steroid dienone is 1. The predicted octanol–water partition coefficient (Wildman–Crippen LogP) is 1.78. The zero-order valence-corrected chi connectivity index (χ0v) is 10.1. The number of ketones is 1. The Morgan fingerprint density at radius 3 is 2.68 bits per heavy atom. The average molecular weight is 258 g/mol. The largest absolute Gasteiger partial charge is 0.504 e. The molecule has 2 N–H and O–H groups in total. The standard InChI is InChI=1S/C14H10O5/c1-6-7-2-9(15)11(17)4-13(7)19-14-5-12(18)10(16)3-8(6)14/h2,4-5,15,18H,3H2,1H3. The Kier molecular flexibility index (Phi) is 2.25. The molecule has 0 aromatic carbocycles. The Morgan fingerprint density at radius 2 is 1.95 bits per heavy atom. The third-order valence-electron chi connectivity index (χ3n) is 3.33. The van der Waals surface area contributed by atoms with Crippen LogP contribution in [0.3, 0.4) is 0 Å². The topological polar surface area (TPSA) is 87.7 Å². The van der Waals surface area contributed by atoms with Gasteiger partial charge >= 0.3 is 0 Å². The molecule has 0 unspecified atom stereocenters. The molecule has 0 radical (unpaired) electrons. The van der Waals surface area contributed by atoms with Gasteiger partial charge in [-0.15, -0.1) is 0 Å². The monoisotopic (exact) mass is 258 g/mol. The van der Waals surface area contributed by atoms with E-state index >= 15 is 0 Å². The van der Waals surface area contributed by atoms with Crippen LogP contribution in [-0.4, -0.2) is 16.0 Å². The number of aliphatic hydroxyl groups is 1. The van der Waals surface area contributed by atoms with Gasteiger partial charge in [0.25, 0.3) is 0 Å². The number of carbonyl (C=O) groups is 1. The summed E-state index contributed by atoms with van der Waals surface area (Å²) in [5, 5.41) is 18.9. The number of carbonyl (C=O) groups excluding carboxylic acids is 1. The highest BCUT2D eigenvalue weighted by Crippen LogP contribution is 2.35. The van der Waals surface area contributed by atoms with E-state index in [4.69, 9.17) is 4.42 Å². The van der Waals surface area contributed by atoms with E-state index in [0.29, 0.717) is 22.6 Å². The maximum atomic E-state index is 11.5. The van der Waals surface area contributed by atoms with Crippen LogP contribution in [0.15, 0.2) is 27.1 Å². The van der Waals surface area contributed by atoms with Crippen molar-refractivity contribution in [2.45, 2.75) is 13.3 Å². The van der Waals surface area contributed by atoms with Crippen molar-refractivity contribution in [2.24, 2.45) is 0 Å². The smallest absolute Gasteiger partial charge is 0.223 e. The summed E-state index contributed by atoms with van der Waals surface area (Å²) in [6.07, 6.45) is 1.30. The number of benzene rings is 1. The van der Waals surface area contributed by atoms with E-state index < -0.39 is 5.43 Å². The highest BCUT2D eigenvalue weighted by atomic mass is 16.3. The first-order valence-corrected chi connectivity index (χ1v) is 5.70. The van der Waals surface area contributed by atoms with E-state index in [2.05, 4.69) is 0 Å². The number of Topliss-reactive ketones (excluding diaryl/α,β-unsaturated/α-hetero) is 1. The Labute approximate surface area is 107 Å². The fourth-order valence-electron chi connectivity index (χ4n) is 2.25. The van der Waals surface area contributed by atoms with Gasteiger partial charge in [-0.05, 0) is 18.6 Å². The summed E-state index contributed by atoms with van der Waals surface area (Å²) < 4.78 is 5.52. The molecular weight excluding hydrogens is 248 g/mol. The maximum Gasteiger partial charge on any atom is 0.223 e. The maximum absolute atomic E-state index is 11.5. The first-order chi connectivity index (χ1) is 8.97. The van der Waals surface area contributed by atoms with Gasteiger partial charge < -0.3 is 14.6 Å². The van der Waals surface area contributed by atoms with Crippen molar-refractivity contribution in [3.8, 4) is 17.1 Å². The summed E-state index contributed by atoms with van der Waals surface area (Å²) in [6, 6.07) is 2.53. The second-order valence-electron chi connectivity index (χ2n) is 4.52. The van der Waals surface area contributed by atoms with Crippen LogP contribution in [0, 0.1) is 6.92 Å². The van der Waals surface area contributed by atoms with Crippen LogP contribution in [-0.2, 0) is 11.2 Å². The molecule has 0 aromatic heterocycles. The number of hydrogen-bond acceptors (Lipinski definition) is 5. The van der Waals surface area contributed by atoms with Crippen molar-refractivity contribution >= 4 is 11.9 Å². The molecule has 0 atom stereocenters. The van der Waals surface area contributed by atoms with Gasteiger partial charge in [0.2, 0.25) is 11.2 Å². The minimum Gasteiger partial charge on any atom is -0.504 e. The van der Waals surface area contributed by atoms with Gasteiger partial charge in [0.15, 0.2) is 11.5 Å². The molecule has 3 aliphatic rings. The van der Waals surface area contributed by atoms with Crippen LogP contribution < -0.4 is 5.43 Å². The summed E-state index contributed by atoms with van der Waals surface area (Å²) >= 11 is 0. The lowest BCUT2D eigenvalue weighted by Crippen LogP contribution is -2.14. The molecule has 1 aliphatic heterocycles. The minimum absolute atomic E-state index is 0.0445. The van der Waals surface area contributed by atoms with E-state index in [1.54, 1.807) is 6.92 Å². The molecule has 3 rings (SSSR count). The number of aliphatic hydroxyl groups excluding tert-OH is 1. The third-order valence-corrected chi connectivity index (χ3v) is 3.33. The van der Waals surface area contributed by atoms with Crippen molar-refractivity contribution in [1.29, 1.82) is 0 Å². The summed E-state index contributed by atoms with van der Waals surface area (Å²) in [4.78, 5) is 22.9. The Morgan fingerprint density at radius 1 is 1.21 bits per heavy atom. The molecule has 0 saturated carbocycles. The van der Waals surface area contributed by atoms with Crippen LogP contribution in [0.4, 0.5) is 0 Å². The van der Waals surface area contributed by atoms with Gasteiger partial charge in [0.05, 0.1) is 0 Å². The summed E-state index contributed by atoms with van der Waals surface area (Å²) in [5.41, 5.74) is 1.46. The van der Waals surface area contributed by atoms with Crippen molar-refractivity contribution in [2.75, 3.05) is 0 Å². The molecular formula is C14H10O5. The van der Waals surface area contributed by atoms with Crippen molar-refractivity contribution in [3.05, 3.63) is 45.0 Å². The Bertz CT molecular complexity index is 766. The van der Waals surface area contributed by atoms with Crippen LogP contribution in [0.2, 0.25) is 0 Å². The van der Waals surface area contributed by atoms with Crippen molar-refractivity contribution < 1.29 is 19.4 Å². The first kappa shape index (κ1) is 11.5. The van der Waals surface area contributed by atoms with Crippen molar-refractivity contribution in [3.63, 3.8) is 0 Å². The Hall–Kier alpha value is -2.56. The number of hydrogen-bond donors (Lipinski definition) is 2. The molecule has 2 aliphatic carbocycles. The van der Waals surface area contributed by atoms with E-state index in [-0.39, 0.29) is 23.7 Å². The summed E-state index contributed by atoms with van der Waals surface area (Å²) in [6.45, 7) is 1.78. The number of phenols is 1. The lowest BCUT2D eigenvalue weighted by Gasteiger charge is -2.18. The normalized spacial score (nSPS) is 14.4. The molecule has 19 heavy (non-hydrogen) atoms. The van der Waals surface area contributed by atoms with Crippen LogP contribution >= 0.6 is 0 Å². The van der Waals surface area contributed by atoms with Crippen molar-refractivity contribution in [1.82, 2.24) is 0 Å². The van der Waals surface area contributed by atoms with Crippen LogP contribution in [0.5, 0.6) is 5.75 Å². The average Bonchev–Trinajstić information content (AvgIpc) is 2.35. The van der Waals surface area contributed by atoms with Gasteiger partial charge in [0.1, 0.15) is 11.5 Å². The van der Waals surface area contributed by atoms with Crippen LogP contribution in [0.1, 0.15) is 16.9 Å². The summed E-state index contributed by atoms with van der Waals surface area (Å²) in [7, 11) is 0. The fraction of sp³-hybridized carbons (Fsp3) is 0.143. The second-order valence-corrected chi connectivity index (χ2v) is 4.52. The fourth-order valence-corrected chi connectivity index (χ4v) is 2.25. The SMILES string of the molecule is Cc1c2cc(O)c(=O)cc-2oc2c1CC(=O)C(O)=C2. The number of aromatic hydroxyl groups is 1. The highest BCUT2D eigenvalue weighted by molar-refractivity contribution is 6.01. The number of fused-ring (bicyclic) bond motifs is 2. The van der Waals surface area contributed by atoms with Gasteiger partial charge in [-0.25, -0.2) is 0 Å². The van der Waals surface area contributed by atoms with Gasteiger partial charge in [-0.3, -0.25) is 9.59 Å². The summed E-state index contributed by atoms with van der Waals surface area (Å²) in [5.74, 6) is -0.401. The molecule has 0 bridgehead atoms. The van der Waals surface area contributed by atoms with E-state index in [0.717, 1.165) is 5.56 Å². The van der Waals surface area contributed by atoms with Crippen LogP contribution in [0.25, 0.3) is 17.4 Å². The molecule has 0 spiro atoms. The number of rotatable bonds is 0. The van der Waals surface area contributed by atoms with E-state index in [9.17, 15) is 19.8 Å². The quantitative estimate of drug-likeness (QED) is 0.752. The molecule has 0 fully saturated rings. The third kappa shape index (κ3) is 1.62. The molecule has 96 valence electrons. The lowest BCUT2D eigenvalue weighted by molar-refractivity contribution is -0.117. The van der Waals surface area contributed by atoms with E-state index in [1.165, 1.54) is 18.2 Å². The zero-order valence-electron chi connectivity index (χ0n) is 10.1. The minimum atomic E-state index is -0.532. The predicted molar refractivity (Wildman–Crippen MR) is 67.3 cm³/mol. The van der Waals surface area contributed by atoms with Gasteiger partial charge in [-0.2, -0.15) is 0 Å².